The minimum atomic E-state index is -0.280. The van der Waals surface area contributed by atoms with Crippen molar-refractivity contribution in [1.29, 1.82) is 0 Å². The number of carbonyl (C=O) groups excluding carboxylic acids is 1. The standard InChI is InChI=1S/C37H41N7O4/c1-23-7-8-25(33(13-23)47-5)19-44(20-26-9-10-29(46-4)16-34(26)48-6)36-31-18-39-35(42-37(45)40-28-21-43(3)22-28)15-27(31)14-32(41-36)30-17-38-12-11-24(30)2/h7-18,28H,19-22H2,1-6H3,(H2,39,40,42,45). The van der Waals surface area contributed by atoms with Gasteiger partial charge in [0.25, 0.3) is 0 Å². The van der Waals surface area contributed by atoms with Crippen molar-refractivity contribution in [2.75, 3.05) is 51.7 Å². The van der Waals surface area contributed by atoms with Gasteiger partial charge in [0, 0.05) is 72.9 Å². The molecule has 0 aliphatic carbocycles. The molecule has 5 aromatic rings. The number of likely N-dealkylation sites (tertiary alicyclic amines) is 1. The van der Waals surface area contributed by atoms with E-state index in [2.05, 4.69) is 42.5 Å². The number of anilines is 2. The third-order valence-corrected chi connectivity index (χ3v) is 8.61. The second kappa shape index (κ2) is 14.1. The molecule has 1 saturated heterocycles. The molecule has 0 atom stereocenters. The number of amides is 2. The lowest BCUT2D eigenvalue weighted by Crippen LogP contribution is -2.58. The fourth-order valence-electron chi connectivity index (χ4n) is 6.02. The van der Waals surface area contributed by atoms with Gasteiger partial charge in [-0.05, 0) is 73.8 Å². The van der Waals surface area contributed by atoms with Gasteiger partial charge in [0.05, 0.1) is 33.1 Å². The number of fused-ring (bicyclic) bond motifs is 1. The number of pyridine rings is 3. The van der Waals surface area contributed by atoms with Crippen LogP contribution in [-0.4, -0.2) is 73.4 Å². The Morgan fingerprint density at radius 1 is 0.917 bits per heavy atom. The maximum absolute atomic E-state index is 12.8. The van der Waals surface area contributed by atoms with Crippen molar-refractivity contribution < 1.29 is 19.0 Å². The Hall–Kier alpha value is -5.42. The van der Waals surface area contributed by atoms with Crippen molar-refractivity contribution in [3.05, 3.63) is 95.4 Å². The summed E-state index contributed by atoms with van der Waals surface area (Å²) in [6.45, 7) is 6.67. The van der Waals surface area contributed by atoms with Gasteiger partial charge in [0.2, 0.25) is 0 Å². The highest BCUT2D eigenvalue weighted by Gasteiger charge is 2.25. The minimum Gasteiger partial charge on any atom is -0.497 e. The molecule has 1 aliphatic rings. The maximum Gasteiger partial charge on any atom is 0.320 e. The number of likely N-dealkylation sites (N-methyl/N-ethyl adjacent to an activating group) is 1. The zero-order chi connectivity index (χ0) is 33.8. The molecule has 0 bridgehead atoms. The fourth-order valence-corrected chi connectivity index (χ4v) is 6.02. The van der Waals surface area contributed by atoms with E-state index in [1.165, 1.54) is 0 Å². The summed E-state index contributed by atoms with van der Waals surface area (Å²) in [6.07, 6.45) is 5.38. The van der Waals surface area contributed by atoms with Crippen molar-refractivity contribution in [2.45, 2.75) is 33.0 Å². The lowest BCUT2D eigenvalue weighted by molar-refractivity contribution is 0.165. The number of rotatable bonds is 11. The average Bonchev–Trinajstić information content (AvgIpc) is 3.07. The van der Waals surface area contributed by atoms with Gasteiger partial charge in [-0.2, -0.15) is 0 Å². The molecule has 0 unspecified atom stereocenters. The van der Waals surface area contributed by atoms with Crippen LogP contribution in [0.15, 0.2) is 73.2 Å². The van der Waals surface area contributed by atoms with Crippen molar-refractivity contribution in [3.63, 3.8) is 0 Å². The van der Waals surface area contributed by atoms with Crippen LogP contribution in [0.3, 0.4) is 0 Å². The summed E-state index contributed by atoms with van der Waals surface area (Å²) in [5.41, 5.74) is 5.76. The van der Waals surface area contributed by atoms with Gasteiger partial charge in [-0.25, -0.2) is 14.8 Å². The monoisotopic (exact) mass is 647 g/mol. The topological polar surface area (TPSA) is 114 Å². The number of nitrogens with one attached hydrogen (secondary N) is 2. The Labute approximate surface area is 280 Å². The summed E-state index contributed by atoms with van der Waals surface area (Å²) in [5.74, 6) is 3.36. The Morgan fingerprint density at radius 3 is 2.33 bits per heavy atom. The van der Waals surface area contributed by atoms with E-state index in [9.17, 15) is 4.79 Å². The maximum atomic E-state index is 12.8. The number of benzene rings is 2. The molecule has 2 amide bonds. The molecule has 6 rings (SSSR count). The van der Waals surface area contributed by atoms with Crippen LogP contribution in [-0.2, 0) is 13.1 Å². The molecule has 0 radical (unpaired) electrons. The number of carbonyl (C=O) groups is 1. The van der Waals surface area contributed by atoms with E-state index in [1.54, 1.807) is 33.7 Å². The molecule has 248 valence electrons. The number of hydrogen-bond donors (Lipinski definition) is 2. The number of hydrogen-bond acceptors (Lipinski definition) is 9. The normalized spacial score (nSPS) is 13.1. The quantitative estimate of drug-likeness (QED) is 0.179. The number of methoxy groups -OCH3 is 3. The van der Waals surface area contributed by atoms with Crippen LogP contribution in [0.25, 0.3) is 22.0 Å². The van der Waals surface area contributed by atoms with Crippen LogP contribution in [0.1, 0.15) is 22.3 Å². The average molecular weight is 648 g/mol. The van der Waals surface area contributed by atoms with E-state index in [-0.39, 0.29) is 12.1 Å². The molecule has 11 heteroatoms. The highest BCUT2D eigenvalue weighted by Crippen LogP contribution is 2.36. The van der Waals surface area contributed by atoms with Crippen LogP contribution in [0.5, 0.6) is 17.2 Å². The first-order valence-electron chi connectivity index (χ1n) is 15.8. The third-order valence-electron chi connectivity index (χ3n) is 8.61. The van der Waals surface area contributed by atoms with Crippen LogP contribution in [0.2, 0.25) is 0 Å². The van der Waals surface area contributed by atoms with Gasteiger partial charge < -0.3 is 29.3 Å². The van der Waals surface area contributed by atoms with Crippen LogP contribution in [0, 0.1) is 13.8 Å². The van der Waals surface area contributed by atoms with Gasteiger partial charge in [-0.15, -0.1) is 0 Å². The Balaban J connectivity index is 1.48. The second-order valence-corrected chi connectivity index (χ2v) is 12.2. The van der Waals surface area contributed by atoms with Crippen molar-refractivity contribution >= 4 is 28.4 Å². The van der Waals surface area contributed by atoms with E-state index in [0.29, 0.717) is 36.2 Å². The van der Waals surface area contributed by atoms with E-state index >= 15 is 0 Å². The largest absolute Gasteiger partial charge is 0.497 e. The van der Waals surface area contributed by atoms with Crippen molar-refractivity contribution in [2.24, 2.45) is 0 Å². The second-order valence-electron chi connectivity index (χ2n) is 12.2. The number of ether oxygens (including phenoxy) is 3. The summed E-state index contributed by atoms with van der Waals surface area (Å²) >= 11 is 0. The predicted octanol–water partition coefficient (Wildman–Crippen LogP) is 5.98. The van der Waals surface area contributed by atoms with E-state index in [1.807, 2.05) is 69.6 Å². The zero-order valence-corrected chi connectivity index (χ0v) is 28.2. The summed E-state index contributed by atoms with van der Waals surface area (Å²) in [5, 5.41) is 7.63. The van der Waals surface area contributed by atoms with Gasteiger partial charge in [0.1, 0.15) is 28.9 Å². The van der Waals surface area contributed by atoms with Gasteiger partial charge in [-0.3, -0.25) is 10.3 Å². The number of nitrogens with zero attached hydrogens (tertiary/aromatic N) is 5. The predicted molar refractivity (Wildman–Crippen MR) is 188 cm³/mol. The van der Waals surface area contributed by atoms with E-state index in [4.69, 9.17) is 19.2 Å². The molecule has 11 nitrogen and oxygen atoms in total. The molecule has 2 N–H and O–H groups in total. The van der Waals surface area contributed by atoms with E-state index in [0.717, 1.165) is 63.1 Å². The molecule has 1 aliphatic heterocycles. The summed E-state index contributed by atoms with van der Waals surface area (Å²) in [7, 11) is 7.00. The SMILES string of the molecule is COc1ccc(CN(Cc2ccc(C)cc2OC)c2nc(-c3cnccc3C)cc3cc(NC(=O)NC4CN(C)C4)ncc23)c(OC)c1. The van der Waals surface area contributed by atoms with Crippen LogP contribution in [0.4, 0.5) is 16.4 Å². The van der Waals surface area contributed by atoms with Crippen molar-refractivity contribution in [3.8, 4) is 28.5 Å². The molecule has 1 fully saturated rings. The molecule has 2 aromatic carbocycles. The molecule has 48 heavy (non-hydrogen) atoms. The molecular formula is C37H41N7O4. The summed E-state index contributed by atoms with van der Waals surface area (Å²) in [4.78, 5) is 31.5. The first-order chi connectivity index (χ1) is 23.2. The molecular weight excluding hydrogens is 606 g/mol. The number of urea groups is 1. The Kier molecular flexibility index (Phi) is 9.58. The minimum absolute atomic E-state index is 0.119. The van der Waals surface area contributed by atoms with Crippen LogP contribution < -0.4 is 29.7 Å². The Morgan fingerprint density at radius 2 is 1.65 bits per heavy atom. The zero-order valence-electron chi connectivity index (χ0n) is 28.2. The fraction of sp³-hybridized carbons (Fsp3) is 0.297. The highest BCUT2D eigenvalue weighted by atomic mass is 16.5. The Bertz CT molecular complexity index is 1940. The number of aromatic nitrogens is 3. The van der Waals surface area contributed by atoms with Crippen molar-refractivity contribution in [1.82, 2.24) is 25.2 Å². The van der Waals surface area contributed by atoms with Gasteiger partial charge >= 0.3 is 6.03 Å². The number of aryl methyl sites for hydroxylation is 2. The summed E-state index contributed by atoms with van der Waals surface area (Å²) in [6, 6.07) is 17.7. The van der Waals surface area contributed by atoms with Gasteiger partial charge in [0.15, 0.2) is 0 Å². The van der Waals surface area contributed by atoms with Crippen LogP contribution >= 0.6 is 0 Å². The van der Waals surface area contributed by atoms with Gasteiger partial charge in [-0.1, -0.05) is 12.1 Å². The molecule has 3 aromatic heterocycles. The molecule has 0 saturated carbocycles. The lowest BCUT2D eigenvalue weighted by Gasteiger charge is -2.36. The third kappa shape index (κ3) is 7.11. The first-order valence-corrected chi connectivity index (χ1v) is 15.8. The molecule has 0 spiro atoms. The molecule has 4 heterocycles. The van der Waals surface area contributed by atoms with E-state index < -0.39 is 0 Å². The first kappa shape index (κ1) is 32.5. The summed E-state index contributed by atoms with van der Waals surface area (Å²) < 4.78 is 17.1. The highest BCUT2D eigenvalue weighted by molar-refractivity contribution is 5.98. The smallest absolute Gasteiger partial charge is 0.320 e. The lowest BCUT2D eigenvalue weighted by atomic mass is 10.0.